The number of aryl methyl sites for hydroxylation is 2. The summed E-state index contributed by atoms with van der Waals surface area (Å²) >= 11 is 29.7. The van der Waals surface area contributed by atoms with Gasteiger partial charge < -0.3 is 28.7 Å². The van der Waals surface area contributed by atoms with E-state index in [-0.39, 0.29) is 65.9 Å². The number of hydrogen-bond acceptors (Lipinski definition) is 14. The third kappa shape index (κ3) is 19.1. The maximum absolute atomic E-state index is 10.6. The summed E-state index contributed by atoms with van der Waals surface area (Å²) in [4.78, 5) is 8.88. The fraction of sp³-hybridized carbons (Fsp3) is 0.410. The average Bonchev–Trinajstić information content (AvgIpc) is 1.02. The molecule has 8 fully saturated rings. The number of anilines is 4. The number of hydrogen-bond donors (Lipinski definition) is 0. The Kier molecular flexibility index (Phi) is 27.4. The van der Waals surface area contributed by atoms with Crippen LogP contribution in [0, 0.1) is 128 Å². The van der Waals surface area contributed by atoms with E-state index in [1.165, 1.54) is 171 Å². The molecule has 21 rings (SSSR count). The smallest absolute Gasteiger partial charge is 0.172 e. The first-order chi connectivity index (χ1) is 66.8. The minimum atomic E-state index is -1.25. The van der Waals surface area contributed by atoms with Crippen LogP contribution in [0.15, 0.2) is 264 Å². The molecule has 4 aliphatic heterocycles. The van der Waals surface area contributed by atoms with Crippen molar-refractivity contribution in [2.45, 2.75) is 262 Å². The van der Waals surface area contributed by atoms with Gasteiger partial charge in [-0.3, -0.25) is 0 Å². The van der Waals surface area contributed by atoms with Crippen LogP contribution in [0.5, 0.6) is 11.5 Å². The van der Waals surface area contributed by atoms with Crippen molar-refractivity contribution in [2.75, 3.05) is 24.0 Å². The van der Waals surface area contributed by atoms with Crippen molar-refractivity contribution in [2.24, 2.45) is 46.3 Å². The predicted octanol–water partition coefficient (Wildman–Crippen LogP) is 33.7. The second-order valence-corrected chi connectivity index (χ2v) is 49.3. The van der Waals surface area contributed by atoms with E-state index >= 15 is 0 Å². The van der Waals surface area contributed by atoms with Crippen molar-refractivity contribution in [3.05, 3.63) is 329 Å². The van der Waals surface area contributed by atoms with Gasteiger partial charge in [0, 0.05) is 81.1 Å². The first-order valence-corrected chi connectivity index (χ1v) is 52.8. The van der Waals surface area contributed by atoms with E-state index in [0.29, 0.717) is 54.2 Å². The maximum atomic E-state index is 10.6. The Labute approximate surface area is 857 Å². The lowest BCUT2D eigenvalue weighted by atomic mass is 9.48. The highest BCUT2D eigenvalue weighted by atomic mass is 35.5. The molecule has 140 heavy (non-hydrogen) atoms. The van der Waals surface area contributed by atoms with Crippen LogP contribution in [0.2, 0.25) is 20.1 Å². The SMILES string of the molecule is COc1ccc(N2c3cc(C)c(/C=C/C4=C(SC56CC7CC(CC(C7)C5)C6)C(=C/C=C/C5=C(C#N)C(=C(C#N)C#N)OC5(C)c5ccc(Cl)c(Cl)c5)/CC(C)(C)C4)cc3C(C)CC2(C)C)cc1.COc1ccc(N2c3cc(C)c(/C=C/C4=C(Sc5ccccc5)C(=C/C=C/C5=C(C#N)C(=C(C#N)C#N)OC5(C)c5ccc(Cl)c(Cl)c5)/CC(C)(C)C4)cc3C(C)CC2(C)C)cc1C12CC3CC(CC(C3)C1)C2. The Hall–Kier alpha value is -11.0. The van der Waals surface area contributed by atoms with Crippen LogP contribution in [0.3, 0.4) is 0 Å². The zero-order valence-electron chi connectivity index (χ0n) is 83.4. The van der Waals surface area contributed by atoms with Gasteiger partial charge in [-0.25, -0.2) is 0 Å². The molecule has 12 nitrogen and oxygen atoms in total. The van der Waals surface area contributed by atoms with Gasteiger partial charge in [-0.1, -0.05) is 191 Å². The van der Waals surface area contributed by atoms with Crippen LogP contribution in [0.4, 0.5) is 22.7 Å². The van der Waals surface area contributed by atoms with Crippen molar-refractivity contribution in [3.63, 3.8) is 0 Å². The summed E-state index contributed by atoms with van der Waals surface area (Å²) in [5.74, 6) is 7.59. The lowest BCUT2D eigenvalue weighted by Gasteiger charge is -2.57. The maximum Gasteiger partial charge on any atom is 0.172 e. The molecule has 7 aromatic rings. The normalized spacial score (nSPS) is 28.0. The molecule has 10 aliphatic carbocycles. The number of methoxy groups -OCH3 is 2. The summed E-state index contributed by atoms with van der Waals surface area (Å²) in [6.45, 7) is 31.8. The number of allylic oxidation sites excluding steroid dienone is 14. The molecule has 7 aromatic carbocycles. The fourth-order valence-electron chi connectivity index (χ4n) is 27.2. The highest BCUT2D eigenvalue weighted by Gasteiger charge is 2.56. The molecule has 4 unspecified atom stereocenters. The van der Waals surface area contributed by atoms with Crippen LogP contribution < -0.4 is 19.3 Å². The number of ether oxygens (including phenoxy) is 4. The minimum absolute atomic E-state index is 0.0126. The third-order valence-corrected chi connectivity index (χ3v) is 36.8. The van der Waals surface area contributed by atoms with Crippen molar-refractivity contribution >= 4 is 105 Å². The standard InChI is InChI=1S/C64H64Cl2N4O2S.C58H60Cl2N4O2S/c1-39-23-57-51(40(2)30-62(5,6)70(57)49-20-22-58(71-8)54(29-49)64-31-41-24-42(32-64)26-43(25-41)33-64)27-44(39)17-18-46-35-61(3,4)34-45(60(46)73-50-14-10-9-11-15-50)13-12-16-53-52(38-69)59(47(36-67)37-68)72-63(53,7)48-19-21-55(65)56(66)28-48;1-35-20-52-47(36(2)26-56(5,6)64(52)45-15-17-46(65-8)18-16-45)24-40(35)12-13-42-31-55(3,4)30-41(54(42)67-58-27-37-21-38(28-58)23-39(22-37)29-58)10-9-11-49-48(34-63)53(43(32-61)33-62)66-57(49,7)44-14-19-50(59)51(60)25-44/h9-23,27-29,40-43H,24-26,30-35H2,1-8H3;9-20,24-25,36-39H,21-23,26-31H2,1-8H3/b16-12+,18-17+,45-13+;11-9+,13-12+,41-10+. The molecular weight excluding hydrogens is 1850 g/mol. The summed E-state index contributed by atoms with van der Waals surface area (Å²) in [5, 5.41) is 62.3. The highest BCUT2D eigenvalue weighted by Crippen LogP contribution is 2.67. The molecular formula is C122H124Cl4N8O4S2. The average molecular weight is 1970 g/mol. The van der Waals surface area contributed by atoms with Gasteiger partial charge in [0.15, 0.2) is 33.9 Å². The number of nitriles is 6. The van der Waals surface area contributed by atoms with E-state index in [1.807, 2.05) is 81.7 Å². The second kappa shape index (κ2) is 38.7. The van der Waals surface area contributed by atoms with Gasteiger partial charge in [-0.05, 0) is 393 Å². The Morgan fingerprint density at radius 2 is 0.864 bits per heavy atom. The molecule has 8 saturated carbocycles. The Morgan fingerprint density at radius 3 is 1.29 bits per heavy atom. The first kappa shape index (κ1) is 99.2. The predicted molar refractivity (Wildman–Crippen MR) is 572 cm³/mol. The minimum Gasteiger partial charge on any atom is -0.497 e. The number of halogens is 4. The molecule has 716 valence electrons. The van der Waals surface area contributed by atoms with E-state index in [0.717, 1.165) is 90.4 Å². The van der Waals surface area contributed by atoms with Crippen LogP contribution in [0.1, 0.15) is 261 Å². The molecule has 8 bridgehead atoms. The molecule has 0 aromatic heterocycles. The third-order valence-electron chi connectivity index (χ3n) is 32.4. The lowest BCUT2D eigenvalue weighted by Crippen LogP contribution is -2.49. The van der Waals surface area contributed by atoms with Crippen molar-refractivity contribution in [1.82, 2.24) is 0 Å². The summed E-state index contributed by atoms with van der Waals surface area (Å²) in [7, 11) is 3.57. The van der Waals surface area contributed by atoms with E-state index in [4.69, 9.17) is 65.4 Å². The summed E-state index contributed by atoms with van der Waals surface area (Å²) in [6, 6.07) is 58.5. The number of rotatable bonds is 19. The van der Waals surface area contributed by atoms with Crippen LogP contribution >= 0.6 is 69.9 Å². The van der Waals surface area contributed by atoms with Gasteiger partial charge in [0.2, 0.25) is 0 Å². The summed E-state index contributed by atoms with van der Waals surface area (Å²) in [5.41, 5.74) is 18.8. The van der Waals surface area contributed by atoms with Gasteiger partial charge in [0.1, 0.15) is 59.1 Å². The Bertz CT molecular complexity index is 6820. The monoisotopic (exact) mass is 1970 g/mol. The van der Waals surface area contributed by atoms with Crippen LogP contribution in [0.25, 0.3) is 12.2 Å². The largest absolute Gasteiger partial charge is 0.497 e. The molecule has 14 aliphatic rings. The Morgan fingerprint density at radius 1 is 0.443 bits per heavy atom. The second-order valence-electron chi connectivity index (χ2n) is 45.1. The molecule has 0 amide bonds. The number of thioether (sulfide) groups is 2. The molecule has 0 radical (unpaired) electrons. The quantitative estimate of drug-likeness (QED) is 0.0696. The van der Waals surface area contributed by atoms with Gasteiger partial charge in [0.05, 0.1) is 34.3 Å². The summed E-state index contributed by atoms with van der Waals surface area (Å²) < 4.78 is 24.9. The molecule has 4 atom stereocenters. The van der Waals surface area contributed by atoms with Crippen LogP contribution in [-0.2, 0) is 26.1 Å². The molecule has 0 spiro atoms. The van der Waals surface area contributed by atoms with Gasteiger partial charge in [-0.15, -0.1) is 11.8 Å². The number of fused-ring (bicyclic) bond motifs is 2. The molecule has 0 saturated heterocycles. The fourth-order valence-corrected chi connectivity index (χ4v) is 30.8. The van der Waals surface area contributed by atoms with E-state index in [9.17, 15) is 31.6 Å². The lowest BCUT2D eigenvalue weighted by molar-refractivity contribution is -0.00614. The van der Waals surface area contributed by atoms with E-state index in [2.05, 4.69) is 244 Å². The molecule has 0 N–H and O–H groups in total. The number of benzene rings is 7. The van der Waals surface area contributed by atoms with Gasteiger partial charge in [0.25, 0.3) is 0 Å². The van der Waals surface area contributed by atoms with Gasteiger partial charge in [-0.2, -0.15) is 31.6 Å². The van der Waals surface area contributed by atoms with Crippen LogP contribution in [-0.4, -0.2) is 30.0 Å². The molecule has 18 heteroatoms. The summed E-state index contributed by atoms with van der Waals surface area (Å²) in [6.07, 6.45) is 43.5. The first-order valence-electron chi connectivity index (χ1n) is 49.7. The zero-order valence-corrected chi connectivity index (χ0v) is 88.0. The topological polar surface area (TPSA) is 186 Å². The highest BCUT2D eigenvalue weighted by molar-refractivity contribution is 8.04. The number of nitrogens with zero attached hydrogens (tertiary/aromatic N) is 8. The van der Waals surface area contributed by atoms with E-state index in [1.54, 1.807) is 49.2 Å². The molecule has 4 heterocycles. The van der Waals surface area contributed by atoms with Crippen molar-refractivity contribution in [1.29, 1.82) is 31.6 Å². The zero-order chi connectivity index (χ0) is 99.2. The van der Waals surface area contributed by atoms with E-state index < -0.39 is 11.2 Å². The van der Waals surface area contributed by atoms with Crippen molar-refractivity contribution < 1.29 is 18.9 Å². The van der Waals surface area contributed by atoms with Crippen molar-refractivity contribution in [3.8, 4) is 47.9 Å². The Balaban J connectivity index is 0.000000186. The van der Waals surface area contributed by atoms with Gasteiger partial charge >= 0.3 is 0 Å².